The lowest BCUT2D eigenvalue weighted by atomic mass is 9.88. The molecule has 3 aliphatic rings. The number of fused-ring (bicyclic) bond motifs is 1. The van der Waals surface area contributed by atoms with E-state index in [0.29, 0.717) is 35.2 Å². The fourth-order valence-electron chi connectivity index (χ4n) is 5.41. The Morgan fingerprint density at radius 3 is 2.54 bits per heavy atom. The Labute approximate surface area is 223 Å². The topological polar surface area (TPSA) is 142 Å². The molecule has 6 rings (SSSR count). The molecule has 2 aliphatic carbocycles. The lowest BCUT2D eigenvalue weighted by molar-refractivity contribution is -0.106. The Morgan fingerprint density at radius 2 is 1.87 bits per heavy atom. The molecule has 14 heteroatoms. The minimum Gasteiger partial charge on any atom is -0.395 e. The normalized spacial score (nSPS) is 20.1. The van der Waals surface area contributed by atoms with Crippen molar-refractivity contribution in [2.75, 3.05) is 40.4 Å². The summed E-state index contributed by atoms with van der Waals surface area (Å²) in [5.74, 6) is -3.48. The highest BCUT2D eigenvalue weighted by atomic mass is 32.2. The van der Waals surface area contributed by atoms with E-state index < -0.39 is 40.3 Å². The number of piperidine rings is 1. The second kappa shape index (κ2) is 9.37. The number of hydrogen-bond acceptors (Lipinski definition) is 8. The van der Waals surface area contributed by atoms with Gasteiger partial charge < -0.3 is 15.3 Å². The molecule has 1 spiro atoms. The number of nitrogens with zero attached hydrogens (tertiary/aromatic N) is 5. The summed E-state index contributed by atoms with van der Waals surface area (Å²) >= 11 is 0. The summed E-state index contributed by atoms with van der Waals surface area (Å²) in [4.78, 5) is 24.3. The van der Waals surface area contributed by atoms with Crippen LogP contribution in [0.1, 0.15) is 55.1 Å². The number of rotatable bonds is 8. The summed E-state index contributed by atoms with van der Waals surface area (Å²) in [7, 11) is -3.78. The predicted octanol–water partition coefficient (Wildman–Crippen LogP) is 3.16. The SMILES string of the molecule is O=C(Nc1ccc2cnn(C3CC(F)(F)C3)c2n1)c1ncc(NS(=O)(=O)CCO)cc1N1CCC2(CC1)CC2. The molecule has 4 heterocycles. The van der Waals surface area contributed by atoms with Gasteiger partial charge in [0.15, 0.2) is 11.3 Å². The average molecular weight is 562 g/mol. The molecule has 1 saturated heterocycles. The van der Waals surface area contributed by atoms with Gasteiger partial charge in [-0.15, -0.1) is 0 Å². The Kier molecular flexibility index (Phi) is 6.21. The zero-order chi connectivity index (χ0) is 27.4. The van der Waals surface area contributed by atoms with Gasteiger partial charge in [-0.3, -0.25) is 9.52 Å². The van der Waals surface area contributed by atoms with Crippen molar-refractivity contribution in [2.45, 2.75) is 50.5 Å². The standard InChI is InChI=1S/C25H29F2N7O4S/c26-25(27)12-18(13-25)34-22-16(14-29-34)1-2-20(30-22)31-23(36)21-19(33-7-5-24(3-4-24)6-8-33)11-17(15-28-21)32-39(37,38)10-9-35/h1-2,11,14-15,18,32,35H,3-10,12-13H2,(H,30,31,36). The molecule has 0 atom stereocenters. The largest absolute Gasteiger partial charge is 0.395 e. The van der Waals surface area contributed by atoms with E-state index in [0.717, 1.165) is 12.8 Å². The van der Waals surface area contributed by atoms with E-state index in [2.05, 4.69) is 25.1 Å². The zero-order valence-electron chi connectivity index (χ0n) is 21.1. The van der Waals surface area contributed by atoms with Crippen LogP contribution in [0.25, 0.3) is 11.0 Å². The molecule has 208 valence electrons. The summed E-state index contributed by atoms with van der Waals surface area (Å²) in [6.07, 6.45) is 6.59. The monoisotopic (exact) mass is 561 g/mol. The van der Waals surface area contributed by atoms with Gasteiger partial charge in [-0.25, -0.2) is 31.8 Å². The van der Waals surface area contributed by atoms with Crippen LogP contribution in [0.2, 0.25) is 0 Å². The van der Waals surface area contributed by atoms with Crippen LogP contribution in [0.4, 0.5) is 26.0 Å². The molecule has 0 aromatic carbocycles. The van der Waals surface area contributed by atoms with E-state index in [1.54, 1.807) is 24.4 Å². The highest BCUT2D eigenvalue weighted by Crippen LogP contribution is 2.54. The van der Waals surface area contributed by atoms with E-state index >= 15 is 0 Å². The molecule has 3 aromatic heterocycles. The average Bonchev–Trinajstić information content (AvgIpc) is 3.49. The molecule has 2 saturated carbocycles. The fraction of sp³-hybridized carbons (Fsp3) is 0.520. The number of nitrogens with one attached hydrogen (secondary N) is 2. The van der Waals surface area contributed by atoms with Gasteiger partial charge in [0.2, 0.25) is 10.0 Å². The van der Waals surface area contributed by atoms with Gasteiger partial charge in [-0.2, -0.15) is 5.10 Å². The van der Waals surface area contributed by atoms with E-state index in [9.17, 15) is 22.0 Å². The molecule has 3 N–H and O–H groups in total. The minimum atomic E-state index is -3.78. The van der Waals surface area contributed by atoms with Crippen LogP contribution in [0.5, 0.6) is 0 Å². The van der Waals surface area contributed by atoms with Gasteiger partial charge in [-0.05, 0) is 49.3 Å². The van der Waals surface area contributed by atoms with Gasteiger partial charge in [0.25, 0.3) is 11.8 Å². The Morgan fingerprint density at radius 1 is 1.13 bits per heavy atom. The molecule has 11 nitrogen and oxygen atoms in total. The van der Waals surface area contributed by atoms with E-state index in [4.69, 9.17) is 5.11 Å². The highest BCUT2D eigenvalue weighted by molar-refractivity contribution is 7.92. The third-order valence-electron chi connectivity index (χ3n) is 7.94. The summed E-state index contributed by atoms with van der Waals surface area (Å²) in [6, 6.07) is 4.45. The maximum Gasteiger partial charge on any atom is 0.277 e. The number of carbonyl (C=O) groups is 1. The second-order valence-electron chi connectivity index (χ2n) is 10.8. The van der Waals surface area contributed by atoms with Crippen LogP contribution in [-0.4, -0.2) is 70.6 Å². The minimum absolute atomic E-state index is 0.112. The number of amides is 1. The zero-order valence-corrected chi connectivity index (χ0v) is 21.9. The number of aromatic nitrogens is 4. The lowest BCUT2D eigenvalue weighted by Gasteiger charge is -2.35. The third kappa shape index (κ3) is 5.26. The number of alkyl halides is 2. The van der Waals surface area contributed by atoms with Crippen molar-refractivity contribution >= 4 is 44.2 Å². The molecule has 0 unspecified atom stereocenters. The number of pyridine rings is 2. The van der Waals surface area contributed by atoms with Crippen LogP contribution in [0, 0.1) is 5.41 Å². The van der Waals surface area contributed by atoms with Crippen molar-refractivity contribution in [1.29, 1.82) is 0 Å². The number of anilines is 3. The van der Waals surface area contributed by atoms with E-state index in [1.807, 2.05) is 4.90 Å². The van der Waals surface area contributed by atoms with Crippen molar-refractivity contribution < 1.29 is 27.1 Å². The van der Waals surface area contributed by atoms with Crippen molar-refractivity contribution in [3.8, 4) is 0 Å². The predicted molar refractivity (Wildman–Crippen MR) is 141 cm³/mol. The van der Waals surface area contributed by atoms with Gasteiger partial charge in [-0.1, -0.05) is 0 Å². The smallest absolute Gasteiger partial charge is 0.277 e. The van der Waals surface area contributed by atoms with Gasteiger partial charge in [0.1, 0.15) is 5.82 Å². The van der Waals surface area contributed by atoms with Gasteiger partial charge in [0.05, 0.1) is 42.2 Å². The Bertz CT molecular complexity index is 1520. The van der Waals surface area contributed by atoms with Gasteiger partial charge in [0, 0.05) is 31.3 Å². The maximum atomic E-state index is 13.4. The van der Waals surface area contributed by atoms with Crippen LogP contribution in [0.3, 0.4) is 0 Å². The van der Waals surface area contributed by atoms with Crippen molar-refractivity contribution in [3.63, 3.8) is 0 Å². The first-order valence-corrected chi connectivity index (χ1v) is 14.6. The van der Waals surface area contributed by atoms with Crippen LogP contribution < -0.4 is 14.9 Å². The van der Waals surface area contributed by atoms with Crippen molar-refractivity contribution in [1.82, 2.24) is 19.7 Å². The van der Waals surface area contributed by atoms with Crippen LogP contribution in [0.15, 0.2) is 30.6 Å². The van der Waals surface area contributed by atoms with Crippen LogP contribution in [-0.2, 0) is 10.0 Å². The number of sulfonamides is 1. The maximum absolute atomic E-state index is 13.4. The summed E-state index contributed by atoms with van der Waals surface area (Å²) < 4.78 is 55.2. The molecule has 0 radical (unpaired) electrons. The quantitative estimate of drug-likeness (QED) is 0.381. The molecule has 39 heavy (non-hydrogen) atoms. The summed E-state index contributed by atoms with van der Waals surface area (Å²) in [5, 5.41) is 16.7. The number of aliphatic hydroxyl groups excluding tert-OH is 1. The van der Waals surface area contributed by atoms with Crippen molar-refractivity contribution in [3.05, 3.63) is 36.3 Å². The molecule has 3 fully saturated rings. The summed E-state index contributed by atoms with van der Waals surface area (Å²) in [6.45, 7) is 0.901. The first-order chi connectivity index (χ1) is 18.6. The number of aliphatic hydroxyl groups is 1. The second-order valence-corrected chi connectivity index (χ2v) is 12.6. The Balaban J connectivity index is 1.27. The molecule has 1 aliphatic heterocycles. The first-order valence-electron chi connectivity index (χ1n) is 13.0. The summed E-state index contributed by atoms with van der Waals surface area (Å²) in [5.41, 5.74) is 1.60. The van der Waals surface area contributed by atoms with E-state index in [-0.39, 0.29) is 30.0 Å². The molecule has 3 aromatic rings. The first kappa shape index (κ1) is 25.9. The third-order valence-corrected chi connectivity index (χ3v) is 9.20. The highest BCUT2D eigenvalue weighted by Gasteiger charge is 2.47. The van der Waals surface area contributed by atoms with Crippen molar-refractivity contribution in [2.24, 2.45) is 5.41 Å². The Hall–Kier alpha value is -3.39. The molecular weight excluding hydrogens is 532 g/mol. The number of carbonyl (C=O) groups excluding carboxylic acids is 1. The molecular formula is C25H29F2N7O4S. The van der Waals surface area contributed by atoms with Gasteiger partial charge >= 0.3 is 0 Å². The van der Waals surface area contributed by atoms with Crippen LogP contribution >= 0.6 is 0 Å². The lowest BCUT2D eigenvalue weighted by Crippen LogP contribution is -2.37. The number of hydrogen-bond donors (Lipinski definition) is 3. The fourth-order valence-corrected chi connectivity index (χ4v) is 6.23. The molecule has 1 amide bonds. The van der Waals surface area contributed by atoms with E-state index in [1.165, 1.54) is 23.7 Å². The number of halogens is 2. The molecule has 0 bridgehead atoms.